The van der Waals surface area contributed by atoms with Gasteiger partial charge in [-0.2, -0.15) is 0 Å². The number of nitrogens with zero attached hydrogens (tertiary/aromatic N) is 3. The zero-order valence-electron chi connectivity index (χ0n) is 9.92. The third kappa shape index (κ3) is 1.77. The van der Waals surface area contributed by atoms with Gasteiger partial charge < -0.3 is 4.57 Å². The minimum absolute atomic E-state index is 0.217. The van der Waals surface area contributed by atoms with Crippen molar-refractivity contribution >= 4 is 22.6 Å². The summed E-state index contributed by atoms with van der Waals surface area (Å²) >= 11 is 6.06. The summed E-state index contributed by atoms with van der Waals surface area (Å²) in [7, 11) is 0. The summed E-state index contributed by atoms with van der Waals surface area (Å²) in [6.07, 6.45) is 3.50. The summed E-state index contributed by atoms with van der Waals surface area (Å²) in [5, 5.41) is 1.39. The molecule has 0 radical (unpaired) electrons. The molecule has 1 atom stereocenters. The largest absolute Gasteiger partial charge is 0.325 e. The molecular weight excluding hydrogens is 246 g/mol. The second-order valence-corrected chi connectivity index (χ2v) is 4.57. The quantitative estimate of drug-likeness (QED) is 0.656. The van der Waals surface area contributed by atoms with Gasteiger partial charge in [-0.15, -0.1) is 0 Å². The van der Waals surface area contributed by atoms with Crippen LogP contribution in [-0.4, -0.2) is 14.5 Å². The number of fused-ring (bicyclic) bond motifs is 1. The Kier molecular flexibility index (Phi) is 2.76. The van der Waals surface area contributed by atoms with Crippen molar-refractivity contribution in [3.8, 4) is 0 Å². The number of aromatic nitrogens is 3. The second kappa shape index (κ2) is 4.42. The van der Waals surface area contributed by atoms with Crippen LogP contribution in [0.1, 0.15) is 18.5 Å². The summed E-state index contributed by atoms with van der Waals surface area (Å²) in [4.78, 5) is 8.31. The monoisotopic (exact) mass is 257 g/mol. The Morgan fingerprint density at radius 1 is 1.11 bits per heavy atom. The van der Waals surface area contributed by atoms with Crippen molar-refractivity contribution in [1.29, 1.82) is 0 Å². The lowest BCUT2D eigenvalue weighted by molar-refractivity contribution is 0.658. The normalized spacial score (nSPS) is 12.8. The highest BCUT2D eigenvalue weighted by atomic mass is 35.5. The first-order valence-electron chi connectivity index (χ1n) is 5.79. The Labute approximate surface area is 110 Å². The molecule has 2 heterocycles. The molecule has 90 valence electrons. The summed E-state index contributed by atoms with van der Waals surface area (Å²) in [6.45, 7) is 2.14. The van der Waals surface area contributed by atoms with E-state index in [9.17, 15) is 0 Å². The van der Waals surface area contributed by atoms with Gasteiger partial charge in [-0.05, 0) is 18.6 Å². The molecule has 3 rings (SSSR count). The van der Waals surface area contributed by atoms with Gasteiger partial charge in [-0.1, -0.05) is 41.9 Å². The van der Waals surface area contributed by atoms with Crippen LogP contribution in [0.25, 0.3) is 11.0 Å². The summed E-state index contributed by atoms with van der Waals surface area (Å²) in [5.74, 6) is 0. The third-order valence-corrected chi connectivity index (χ3v) is 3.46. The molecule has 0 spiro atoms. The van der Waals surface area contributed by atoms with Crippen LogP contribution in [0.3, 0.4) is 0 Å². The van der Waals surface area contributed by atoms with Crippen LogP contribution < -0.4 is 0 Å². The fraction of sp³-hybridized carbons (Fsp3) is 0.143. The van der Waals surface area contributed by atoms with E-state index in [0.717, 1.165) is 11.0 Å². The molecule has 0 aliphatic rings. The lowest BCUT2D eigenvalue weighted by Gasteiger charge is -2.14. The van der Waals surface area contributed by atoms with Crippen LogP contribution in [0.2, 0.25) is 5.15 Å². The molecule has 0 aliphatic carbocycles. The standard InChI is InChI=1S/C14H12ClN3/c1-10(11-5-3-2-4-6-11)18-8-7-12-13(15)16-9-17-14(12)18/h2-10H,1H3. The highest BCUT2D eigenvalue weighted by Gasteiger charge is 2.12. The minimum Gasteiger partial charge on any atom is -0.325 e. The molecule has 0 bridgehead atoms. The molecule has 3 aromatic rings. The molecule has 0 aliphatic heterocycles. The number of hydrogen-bond acceptors (Lipinski definition) is 2. The summed E-state index contributed by atoms with van der Waals surface area (Å²) in [6, 6.07) is 12.5. The van der Waals surface area contributed by atoms with Crippen LogP contribution in [0.15, 0.2) is 48.9 Å². The van der Waals surface area contributed by atoms with E-state index in [2.05, 4.69) is 33.6 Å². The number of hydrogen-bond donors (Lipinski definition) is 0. The second-order valence-electron chi connectivity index (χ2n) is 4.21. The van der Waals surface area contributed by atoms with Crippen molar-refractivity contribution in [2.75, 3.05) is 0 Å². The van der Waals surface area contributed by atoms with Crippen molar-refractivity contribution in [2.24, 2.45) is 0 Å². The number of halogens is 1. The van der Waals surface area contributed by atoms with Gasteiger partial charge in [0.05, 0.1) is 11.4 Å². The van der Waals surface area contributed by atoms with Gasteiger partial charge >= 0.3 is 0 Å². The first-order chi connectivity index (χ1) is 8.77. The SMILES string of the molecule is CC(c1ccccc1)n1ccc2c(Cl)ncnc21. The van der Waals surface area contributed by atoms with Crippen LogP contribution in [0.5, 0.6) is 0 Å². The molecule has 0 saturated carbocycles. The summed E-state index contributed by atoms with van der Waals surface area (Å²) in [5.41, 5.74) is 2.11. The smallest absolute Gasteiger partial charge is 0.145 e. The Hall–Kier alpha value is -1.87. The highest BCUT2D eigenvalue weighted by molar-refractivity contribution is 6.33. The van der Waals surface area contributed by atoms with Crippen molar-refractivity contribution in [2.45, 2.75) is 13.0 Å². The van der Waals surface area contributed by atoms with Crippen molar-refractivity contribution in [3.63, 3.8) is 0 Å². The first kappa shape index (κ1) is 11.2. The van der Waals surface area contributed by atoms with Crippen LogP contribution in [0.4, 0.5) is 0 Å². The van der Waals surface area contributed by atoms with E-state index < -0.39 is 0 Å². The van der Waals surface area contributed by atoms with E-state index >= 15 is 0 Å². The van der Waals surface area contributed by atoms with Crippen molar-refractivity contribution in [1.82, 2.24) is 14.5 Å². The van der Waals surface area contributed by atoms with E-state index in [-0.39, 0.29) is 6.04 Å². The first-order valence-corrected chi connectivity index (χ1v) is 6.17. The third-order valence-electron chi connectivity index (χ3n) is 3.16. The maximum absolute atomic E-state index is 6.06. The molecule has 1 unspecified atom stereocenters. The van der Waals surface area contributed by atoms with Gasteiger partial charge in [-0.25, -0.2) is 9.97 Å². The fourth-order valence-electron chi connectivity index (χ4n) is 2.14. The van der Waals surface area contributed by atoms with Crippen LogP contribution in [0, 0.1) is 0 Å². The van der Waals surface area contributed by atoms with Crippen LogP contribution >= 0.6 is 11.6 Å². The maximum Gasteiger partial charge on any atom is 0.145 e. The lowest BCUT2D eigenvalue weighted by atomic mass is 10.1. The molecule has 0 N–H and O–H groups in total. The highest BCUT2D eigenvalue weighted by Crippen LogP contribution is 2.26. The van der Waals surface area contributed by atoms with E-state index in [1.54, 1.807) is 0 Å². The molecule has 4 heteroatoms. The van der Waals surface area contributed by atoms with E-state index in [4.69, 9.17) is 11.6 Å². The van der Waals surface area contributed by atoms with E-state index in [0.29, 0.717) is 5.15 Å². The van der Waals surface area contributed by atoms with Crippen molar-refractivity contribution in [3.05, 3.63) is 59.6 Å². The molecule has 1 aromatic carbocycles. The Morgan fingerprint density at radius 3 is 2.67 bits per heavy atom. The van der Waals surface area contributed by atoms with Crippen LogP contribution in [-0.2, 0) is 0 Å². The molecule has 0 fully saturated rings. The van der Waals surface area contributed by atoms with E-state index in [1.165, 1.54) is 11.9 Å². The predicted octanol–water partition coefficient (Wildman–Crippen LogP) is 3.69. The van der Waals surface area contributed by atoms with Crippen molar-refractivity contribution < 1.29 is 0 Å². The molecule has 2 aromatic heterocycles. The fourth-order valence-corrected chi connectivity index (χ4v) is 2.34. The molecular formula is C14H12ClN3. The van der Waals surface area contributed by atoms with Gasteiger partial charge in [0.25, 0.3) is 0 Å². The molecule has 0 amide bonds. The Balaban J connectivity index is 2.13. The number of benzene rings is 1. The van der Waals surface area contributed by atoms with Gasteiger partial charge in [-0.3, -0.25) is 0 Å². The van der Waals surface area contributed by atoms with E-state index in [1.807, 2.05) is 30.5 Å². The van der Waals surface area contributed by atoms with Gasteiger partial charge in [0.15, 0.2) is 0 Å². The van der Waals surface area contributed by atoms with Gasteiger partial charge in [0, 0.05) is 6.20 Å². The zero-order chi connectivity index (χ0) is 12.5. The lowest BCUT2D eigenvalue weighted by Crippen LogP contribution is -2.06. The number of rotatable bonds is 2. The predicted molar refractivity (Wildman–Crippen MR) is 72.8 cm³/mol. The average molecular weight is 258 g/mol. The van der Waals surface area contributed by atoms with Gasteiger partial charge in [0.2, 0.25) is 0 Å². The average Bonchev–Trinajstić information content (AvgIpc) is 2.84. The molecule has 18 heavy (non-hydrogen) atoms. The molecule has 0 saturated heterocycles. The minimum atomic E-state index is 0.217. The Bertz CT molecular complexity index is 676. The topological polar surface area (TPSA) is 30.7 Å². The maximum atomic E-state index is 6.06. The Morgan fingerprint density at radius 2 is 1.89 bits per heavy atom. The zero-order valence-corrected chi connectivity index (χ0v) is 10.7. The summed E-state index contributed by atoms with van der Waals surface area (Å²) < 4.78 is 2.11. The molecule has 3 nitrogen and oxygen atoms in total. The van der Waals surface area contributed by atoms with Gasteiger partial charge in [0.1, 0.15) is 17.1 Å².